The van der Waals surface area contributed by atoms with Gasteiger partial charge < -0.3 is 4.74 Å². The maximum atomic E-state index is 5.54. The lowest BCUT2D eigenvalue weighted by Crippen LogP contribution is -2.10. The van der Waals surface area contributed by atoms with Crippen molar-refractivity contribution in [2.24, 2.45) is 0 Å². The standard InChI is InChI=1S/C12H12BrN3O/c13-10-5-2-1-4-9(10)11-8-14-16(15-11)12-6-3-7-17-12/h1-2,4-5,8,12H,3,6-7H2. The summed E-state index contributed by atoms with van der Waals surface area (Å²) in [6.45, 7) is 0.802. The molecule has 1 atom stereocenters. The van der Waals surface area contributed by atoms with E-state index in [1.807, 2.05) is 24.3 Å². The van der Waals surface area contributed by atoms with Crippen LogP contribution < -0.4 is 0 Å². The van der Waals surface area contributed by atoms with Crippen LogP contribution in [-0.4, -0.2) is 21.6 Å². The molecule has 0 N–H and O–H groups in total. The molecule has 2 aromatic rings. The molecule has 1 saturated heterocycles. The van der Waals surface area contributed by atoms with Crippen molar-refractivity contribution in [3.63, 3.8) is 0 Å². The van der Waals surface area contributed by atoms with Crippen LogP contribution in [0.15, 0.2) is 34.9 Å². The zero-order valence-electron chi connectivity index (χ0n) is 9.21. The van der Waals surface area contributed by atoms with Gasteiger partial charge in [-0.05, 0) is 18.9 Å². The molecule has 1 aliphatic rings. The Labute approximate surface area is 108 Å². The van der Waals surface area contributed by atoms with Gasteiger partial charge in [0, 0.05) is 16.6 Å². The smallest absolute Gasteiger partial charge is 0.169 e. The molecule has 4 nitrogen and oxygen atoms in total. The lowest BCUT2D eigenvalue weighted by molar-refractivity contribution is 0.0355. The molecular formula is C12H12BrN3O. The molecule has 2 heterocycles. The predicted octanol–water partition coefficient (Wildman–Crippen LogP) is 3.02. The quantitative estimate of drug-likeness (QED) is 0.854. The molecule has 0 spiro atoms. The average molecular weight is 294 g/mol. The van der Waals surface area contributed by atoms with E-state index in [9.17, 15) is 0 Å². The highest BCUT2D eigenvalue weighted by Gasteiger charge is 2.19. The Morgan fingerprint density at radius 3 is 3.00 bits per heavy atom. The van der Waals surface area contributed by atoms with E-state index in [0.717, 1.165) is 35.2 Å². The normalized spacial score (nSPS) is 19.7. The SMILES string of the molecule is Brc1ccccc1-c1cnn(C2CCCO2)n1. The van der Waals surface area contributed by atoms with Gasteiger partial charge in [0.2, 0.25) is 0 Å². The molecule has 3 rings (SSSR count). The van der Waals surface area contributed by atoms with E-state index in [1.54, 1.807) is 11.0 Å². The van der Waals surface area contributed by atoms with Crippen LogP contribution in [0.3, 0.4) is 0 Å². The minimum absolute atomic E-state index is 0.00578. The van der Waals surface area contributed by atoms with Crippen LogP contribution in [0.25, 0.3) is 11.3 Å². The number of rotatable bonds is 2. The molecule has 1 aromatic carbocycles. The minimum atomic E-state index is 0.00578. The van der Waals surface area contributed by atoms with Crippen LogP contribution in [0.5, 0.6) is 0 Å². The van der Waals surface area contributed by atoms with Gasteiger partial charge in [-0.3, -0.25) is 0 Å². The molecule has 17 heavy (non-hydrogen) atoms. The van der Waals surface area contributed by atoms with E-state index in [-0.39, 0.29) is 6.23 Å². The highest BCUT2D eigenvalue weighted by atomic mass is 79.9. The molecule has 1 aliphatic heterocycles. The first kappa shape index (κ1) is 10.9. The van der Waals surface area contributed by atoms with Gasteiger partial charge in [0.15, 0.2) is 6.23 Å². The topological polar surface area (TPSA) is 39.9 Å². The molecule has 0 radical (unpaired) electrons. The average Bonchev–Trinajstić information content (AvgIpc) is 3.00. The van der Waals surface area contributed by atoms with Crippen LogP contribution in [0.2, 0.25) is 0 Å². The maximum absolute atomic E-state index is 5.54. The Kier molecular flexibility index (Phi) is 2.94. The molecule has 1 fully saturated rings. The largest absolute Gasteiger partial charge is 0.355 e. The van der Waals surface area contributed by atoms with Crippen molar-refractivity contribution in [3.8, 4) is 11.3 Å². The molecule has 0 aliphatic carbocycles. The number of aromatic nitrogens is 3. The van der Waals surface area contributed by atoms with Crippen molar-refractivity contribution in [2.45, 2.75) is 19.1 Å². The van der Waals surface area contributed by atoms with E-state index in [1.165, 1.54) is 0 Å². The third kappa shape index (κ3) is 2.12. The van der Waals surface area contributed by atoms with Gasteiger partial charge in [0.1, 0.15) is 5.69 Å². The number of benzene rings is 1. The van der Waals surface area contributed by atoms with Crippen molar-refractivity contribution in [1.29, 1.82) is 0 Å². The summed E-state index contributed by atoms with van der Waals surface area (Å²) in [7, 11) is 0. The van der Waals surface area contributed by atoms with Gasteiger partial charge in [-0.25, -0.2) is 0 Å². The summed E-state index contributed by atoms with van der Waals surface area (Å²) in [4.78, 5) is 1.67. The van der Waals surface area contributed by atoms with Crippen LogP contribution in [0, 0.1) is 0 Å². The fourth-order valence-corrected chi connectivity index (χ4v) is 2.44. The van der Waals surface area contributed by atoms with Crippen LogP contribution in [0.4, 0.5) is 0 Å². The predicted molar refractivity (Wildman–Crippen MR) is 67.4 cm³/mol. The summed E-state index contributed by atoms with van der Waals surface area (Å²) in [6.07, 6.45) is 3.86. The van der Waals surface area contributed by atoms with Gasteiger partial charge in [-0.15, -0.1) is 0 Å². The number of halogens is 1. The Morgan fingerprint density at radius 2 is 2.24 bits per heavy atom. The summed E-state index contributed by atoms with van der Waals surface area (Å²) in [5.41, 5.74) is 1.92. The second kappa shape index (κ2) is 4.58. The van der Waals surface area contributed by atoms with Crippen LogP contribution in [-0.2, 0) is 4.74 Å². The first-order valence-corrected chi connectivity index (χ1v) is 6.42. The van der Waals surface area contributed by atoms with Gasteiger partial charge in [-0.2, -0.15) is 15.0 Å². The Hall–Kier alpha value is -1.20. The third-order valence-electron chi connectivity index (χ3n) is 2.82. The molecule has 1 aromatic heterocycles. The van der Waals surface area contributed by atoms with Crippen molar-refractivity contribution in [1.82, 2.24) is 15.0 Å². The number of hydrogen-bond donors (Lipinski definition) is 0. The molecule has 5 heteroatoms. The van der Waals surface area contributed by atoms with Crippen LogP contribution in [0.1, 0.15) is 19.1 Å². The van der Waals surface area contributed by atoms with E-state index in [4.69, 9.17) is 4.74 Å². The summed E-state index contributed by atoms with van der Waals surface area (Å²) in [6, 6.07) is 8.00. The highest BCUT2D eigenvalue weighted by Crippen LogP contribution is 2.27. The molecule has 1 unspecified atom stereocenters. The Morgan fingerprint density at radius 1 is 1.35 bits per heavy atom. The van der Waals surface area contributed by atoms with Crippen LogP contribution >= 0.6 is 15.9 Å². The monoisotopic (exact) mass is 293 g/mol. The highest BCUT2D eigenvalue weighted by molar-refractivity contribution is 9.10. The molecule has 0 amide bonds. The number of nitrogens with zero attached hydrogens (tertiary/aromatic N) is 3. The second-order valence-corrected chi connectivity index (χ2v) is 4.85. The van der Waals surface area contributed by atoms with Gasteiger partial charge in [0.25, 0.3) is 0 Å². The Bertz CT molecular complexity index is 520. The van der Waals surface area contributed by atoms with Crippen molar-refractivity contribution in [2.75, 3.05) is 6.61 Å². The zero-order valence-corrected chi connectivity index (χ0v) is 10.8. The summed E-state index contributed by atoms with van der Waals surface area (Å²) in [5, 5.41) is 8.75. The first-order chi connectivity index (χ1) is 8.34. The Balaban J connectivity index is 1.92. The van der Waals surface area contributed by atoms with Crippen molar-refractivity contribution in [3.05, 3.63) is 34.9 Å². The molecule has 88 valence electrons. The lowest BCUT2D eigenvalue weighted by Gasteiger charge is -2.06. The van der Waals surface area contributed by atoms with Gasteiger partial charge >= 0.3 is 0 Å². The summed E-state index contributed by atoms with van der Waals surface area (Å²) in [5.74, 6) is 0. The molecular weight excluding hydrogens is 282 g/mol. The first-order valence-electron chi connectivity index (χ1n) is 5.63. The fourth-order valence-electron chi connectivity index (χ4n) is 1.95. The summed E-state index contributed by atoms with van der Waals surface area (Å²) < 4.78 is 6.57. The number of hydrogen-bond acceptors (Lipinski definition) is 3. The fraction of sp³-hybridized carbons (Fsp3) is 0.333. The molecule has 0 bridgehead atoms. The van der Waals surface area contributed by atoms with Crippen molar-refractivity contribution < 1.29 is 4.74 Å². The van der Waals surface area contributed by atoms with Gasteiger partial charge in [-0.1, -0.05) is 34.1 Å². The third-order valence-corrected chi connectivity index (χ3v) is 3.51. The van der Waals surface area contributed by atoms with Gasteiger partial charge in [0.05, 0.1) is 6.20 Å². The lowest BCUT2D eigenvalue weighted by atomic mass is 10.2. The molecule has 0 saturated carbocycles. The maximum Gasteiger partial charge on any atom is 0.169 e. The minimum Gasteiger partial charge on any atom is -0.355 e. The van der Waals surface area contributed by atoms with E-state index in [0.29, 0.717) is 0 Å². The van der Waals surface area contributed by atoms with Crippen molar-refractivity contribution >= 4 is 15.9 Å². The second-order valence-electron chi connectivity index (χ2n) is 4.00. The number of ether oxygens (including phenoxy) is 1. The van der Waals surface area contributed by atoms with E-state index >= 15 is 0 Å². The zero-order chi connectivity index (χ0) is 11.7. The van der Waals surface area contributed by atoms with E-state index in [2.05, 4.69) is 26.1 Å². The van der Waals surface area contributed by atoms with E-state index < -0.39 is 0 Å². The summed E-state index contributed by atoms with van der Waals surface area (Å²) >= 11 is 3.52.